The number of ether oxygens (including phenoxy) is 2. The van der Waals surface area contributed by atoms with Crippen LogP contribution in [0.5, 0.6) is 0 Å². The van der Waals surface area contributed by atoms with Gasteiger partial charge in [0, 0.05) is 12.5 Å². The molecule has 17 heavy (non-hydrogen) atoms. The van der Waals surface area contributed by atoms with Crippen LogP contribution in [0.3, 0.4) is 0 Å². The first-order valence-electron chi connectivity index (χ1n) is 5.16. The summed E-state index contributed by atoms with van der Waals surface area (Å²) in [6.45, 7) is 6.30. The van der Waals surface area contributed by atoms with Crippen LogP contribution in [0.4, 0.5) is 0 Å². The second-order valence-electron chi connectivity index (χ2n) is 3.41. The van der Waals surface area contributed by atoms with Crippen LogP contribution in [-0.4, -0.2) is 29.3 Å². The van der Waals surface area contributed by atoms with Gasteiger partial charge < -0.3 is 14.6 Å². The Bertz CT molecular complexity index is 309. The van der Waals surface area contributed by atoms with Gasteiger partial charge in [0.05, 0.1) is 12.3 Å². The van der Waals surface area contributed by atoms with Crippen LogP contribution in [0.2, 0.25) is 0 Å². The minimum Gasteiger partial charge on any atom is -0.481 e. The van der Waals surface area contributed by atoms with Gasteiger partial charge in [-0.2, -0.15) is 0 Å². The molecule has 1 N–H and O–H groups in total. The standard InChI is InChI=1S/C11H16O6/c1-4-9(14)16-10(5-2)17-11(15)7(3)6-8(12)13/h4,7,10H,1,5-6H2,2-3H3,(H,12,13). The molecule has 0 aromatic carbocycles. The van der Waals surface area contributed by atoms with E-state index in [1.54, 1.807) is 6.92 Å². The number of carbonyl (C=O) groups is 3. The van der Waals surface area contributed by atoms with Gasteiger partial charge in [-0.3, -0.25) is 9.59 Å². The van der Waals surface area contributed by atoms with Crippen LogP contribution in [0.15, 0.2) is 12.7 Å². The molecular weight excluding hydrogens is 228 g/mol. The molecule has 0 heterocycles. The lowest BCUT2D eigenvalue weighted by Crippen LogP contribution is -2.27. The highest BCUT2D eigenvalue weighted by atomic mass is 16.7. The van der Waals surface area contributed by atoms with Crippen LogP contribution in [-0.2, 0) is 23.9 Å². The number of hydrogen-bond donors (Lipinski definition) is 1. The van der Waals surface area contributed by atoms with Gasteiger partial charge in [-0.05, 0) is 0 Å². The zero-order chi connectivity index (χ0) is 13.4. The molecule has 2 unspecified atom stereocenters. The van der Waals surface area contributed by atoms with Crippen molar-refractivity contribution >= 4 is 17.9 Å². The fraction of sp³-hybridized carbons (Fsp3) is 0.545. The maximum Gasteiger partial charge on any atom is 0.333 e. The summed E-state index contributed by atoms with van der Waals surface area (Å²) >= 11 is 0. The zero-order valence-electron chi connectivity index (χ0n) is 9.84. The number of carboxylic acids is 1. The van der Waals surface area contributed by atoms with E-state index in [2.05, 4.69) is 6.58 Å². The molecule has 0 spiro atoms. The van der Waals surface area contributed by atoms with Crippen LogP contribution >= 0.6 is 0 Å². The largest absolute Gasteiger partial charge is 0.481 e. The minimum atomic E-state index is -1.09. The molecule has 6 heteroatoms. The van der Waals surface area contributed by atoms with Crippen molar-refractivity contribution in [3.63, 3.8) is 0 Å². The Morgan fingerprint density at radius 2 is 1.94 bits per heavy atom. The maximum absolute atomic E-state index is 11.4. The molecule has 6 nitrogen and oxygen atoms in total. The number of aliphatic carboxylic acids is 1. The lowest BCUT2D eigenvalue weighted by atomic mass is 10.1. The van der Waals surface area contributed by atoms with Gasteiger partial charge >= 0.3 is 17.9 Å². The van der Waals surface area contributed by atoms with E-state index < -0.39 is 30.1 Å². The predicted octanol–water partition coefficient (Wildman–Crippen LogP) is 1.11. The summed E-state index contributed by atoms with van der Waals surface area (Å²) in [4.78, 5) is 32.7. The highest BCUT2D eigenvalue weighted by molar-refractivity contribution is 5.82. The first-order valence-corrected chi connectivity index (χ1v) is 5.16. The van der Waals surface area contributed by atoms with Crippen molar-refractivity contribution < 1.29 is 29.0 Å². The summed E-state index contributed by atoms with van der Waals surface area (Å²) in [5.74, 6) is -3.29. The third-order valence-electron chi connectivity index (χ3n) is 1.88. The highest BCUT2D eigenvalue weighted by Crippen LogP contribution is 2.09. The average molecular weight is 244 g/mol. The Kier molecular flexibility index (Phi) is 6.62. The molecule has 96 valence electrons. The molecule has 0 amide bonds. The maximum atomic E-state index is 11.4. The molecule has 0 aliphatic heterocycles. The fourth-order valence-electron chi connectivity index (χ4n) is 0.959. The quantitative estimate of drug-likeness (QED) is 0.410. The van der Waals surface area contributed by atoms with Gasteiger partial charge in [-0.15, -0.1) is 0 Å². The molecule has 0 saturated heterocycles. The van der Waals surface area contributed by atoms with E-state index in [0.29, 0.717) is 0 Å². The first kappa shape index (κ1) is 15.2. The topological polar surface area (TPSA) is 89.9 Å². The lowest BCUT2D eigenvalue weighted by Gasteiger charge is -2.17. The van der Waals surface area contributed by atoms with Crippen LogP contribution in [0.25, 0.3) is 0 Å². The van der Waals surface area contributed by atoms with Gasteiger partial charge in [0.15, 0.2) is 0 Å². The van der Waals surface area contributed by atoms with Crippen LogP contribution in [0.1, 0.15) is 26.7 Å². The minimum absolute atomic E-state index is 0.283. The Hall–Kier alpha value is -1.85. The molecule has 0 aromatic heterocycles. The third-order valence-corrected chi connectivity index (χ3v) is 1.88. The van der Waals surface area contributed by atoms with Gasteiger partial charge in [-0.1, -0.05) is 20.4 Å². The molecule has 0 fully saturated rings. The van der Waals surface area contributed by atoms with Crippen molar-refractivity contribution in [3.05, 3.63) is 12.7 Å². The van der Waals surface area contributed by atoms with Crippen molar-refractivity contribution in [2.24, 2.45) is 5.92 Å². The van der Waals surface area contributed by atoms with E-state index >= 15 is 0 Å². The van der Waals surface area contributed by atoms with E-state index in [0.717, 1.165) is 6.08 Å². The normalized spacial score (nSPS) is 13.3. The molecule has 0 saturated carbocycles. The average Bonchev–Trinajstić information content (AvgIpc) is 2.26. The summed E-state index contributed by atoms with van der Waals surface area (Å²) < 4.78 is 9.57. The van der Waals surface area contributed by atoms with Gasteiger partial charge in [0.2, 0.25) is 6.29 Å². The van der Waals surface area contributed by atoms with E-state index in [-0.39, 0.29) is 12.8 Å². The van der Waals surface area contributed by atoms with Crippen molar-refractivity contribution in [1.82, 2.24) is 0 Å². The zero-order valence-corrected chi connectivity index (χ0v) is 9.84. The predicted molar refractivity (Wildman–Crippen MR) is 57.9 cm³/mol. The van der Waals surface area contributed by atoms with Crippen molar-refractivity contribution in [3.8, 4) is 0 Å². The molecule has 2 atom stereocenters. The van der Waals surface area contributed by atoms with E-state index in [1.807, 2.05) is 0 Å². The number of hydrogen-bond acceptors (Lipinski definition) is 5. The summed E-state index contributed by atoms with van der Waals surface area (Å²) in [6, 6.07) is 0. The Morgan fingerprint density at radius 1 is 1.35 bits per heavy atom. The molecule has 0 aliphatic carbocycles. The Labute approximate surface area is 99.2 Å². The Morgan fingerprint density at radius 3 is 2.35 bits per heavy atom. The summed E-state index contributed by atoms with van der Waals surface area (Å²) in [5.41, 5.74) is 0. The van der Waals surface area contributed by atoms with Crippen LogP contribution < -0.4 is 0 Å². The number of rotatable bonds is 7. The summed E-state index contributed by atoms with van der Waals surface area (Å²) in [6.07, 6.45) is -0.100. The first-order chi connectivity index (χ1) is 7.90. The number of carbonyl (C=O) groups excluding carboxylic acids is 2. The molecule has 0 aliphatic rings. The molecule has 0 bridgehead atoms. The summed E-state index contributed by atoms with van der Waals surface area (Å²) in [7, 11) is 0. The highest BCUT2D eigenvalue weighted by Gasteiger charge is 2.22. The molecule has 0 rings (SSSR count). The number of esters is 2. The van der Waals surface area contributed by atoms with Crippen molar-refractivity contribution in [2.75, 3.05) is 0 Å². The van der Waals surface area contributed by atoms with Crippen LogP contribution in [0, 0.1) is 5.92 Å². The lowest BCUT2D eigenvalue weighted by molar-refractivity contribution is -0.188. The fourth-order valence-corrected chi connectivity index (χ4v) is 0.959. The monoisotopic (exact) mass is 244 g/mol. The number of carboxylic acid groups (broad SMARTS) is 1. The summed E-state index contributed by atoms with van der Waals surface area (Å²) in [5, 5.41) is 8.50. The second-order valence-corrected chi connectivity index (χ2v) is 3.41. The van der Waals surface area contributed by atoms with Gasteiger partial charge in [0.1, 0.15) is 0 Å². The van der Waals surface area contributed by atoms with Gasteiger partial charge in [-0.25, -0.2) is 4.79 Å². The van der Waals surface area contributed by atoms with Crippen molar-refractivity contribution in [1.29, 1.82) is 0 Å². The van der Waals surface area contributed by atoms with Crippen molar-refractivity contribution in [2.45, 2.75) is 33.0 Å². The van der Waals surface area contributed by atoms with E-state index in [4.69, 9.17) is 14.6 Å². The molecule has 0 radical (unpaired) electrons. The smallest absolute Gasteiger partial charge is 0.333 e. The third kappa shape index (κ3) is 6.34. The second kappa shape index (κ2) is 7.43. The Balaban J connectivity index is 4.27. The van der Waals surface area contributed by atoms with E-state index in [9.17, 15) is 14.4 Å². The van der Waals surface area contributed by atoms with Gasteiger partial charge in [0.25, 0.3) is 0 Å². The SMILES string of the molecule is C=CC(=O)OC(CC)OC(=O)C(C)CC(=O)O. The molecule has 0 aromatic rings. The van der Waals surface area contributed by atoms with E-state index in [1.165, 1.54) is 6.92 Å². The molecular formula is C11H16O6.